The predicted molar refractivity (Wildman–Crippen MR) is 177 cm³/mol. The fourth-order valence-electron chi connectivity index (χ4n) is 4.84. The molecule has 0 bridgehead atoms. The van der Waals surface area contributed by atoms with Crippen LogP contribution in [0.4, 0.5) is 0 Å². The number of benzene rings is 3. The number of esters is 1. The summed E-state index contributed by atoms with van der Waals surface area (Å²) in [7, 11) is 0.207. The van der Waals surface area contributed by atoms with Crippen LogP contribution < -0.4 is 31.9 Å². The molecule has 0 aliphatic heterocycles. The van der Waals surface area contributed by atoms with Crippen molar-refractivity contribution in [3.05, 3.63) is 90.5 Å². The summed E-state index contributed by atoms with van der Waals surface area (Å²) in [5.41, 5.74) is 0.487. The van der Waals surface area contributed by atoms with Crippen molar-refractivity contribution in [2.45, 2.75) is 59.7 Å². The monoisotopic (exact) mass is 617 g/mol. The molecule has 0 heterocycles. The number of hydrogen-bond donors (Lipinski definition) is 3. The van der Waals surface area contributed by atoms with E-state index in [2.05, 4.69) is 40.2 Å². The fourth-order valence-corrected chi connectivity index (χ4v) is 7.29. The Kier molecular flexibility index (Phi) is 12.7. The molecule has 234 valence electrons. The second-order valence-corrected chi connectivity index (χ2v) is 13.9. The van der Waals surface area contributed by atoms with E-state index in [0.29, 0.717) is 5.56 Å². The molecule has 0 aromatic heterocycles. The highest BCUT2D eigenvalue weighted by molar-refractivity contribution is 7.80. The molecule has 0 saturated carbocycles. The van der Waals surface area contributed by atoms with Gasteiger partial charge in [-0.15, -0.1) is 0 Å². The Hall–Kier alpha value is -4.03. The summed E-state index contributed by atoms with van der Waals surface area (Å²) in [6.07, 6.45) is 0. The normalized spacial score (nSPS) is 13.3. The Morgan fingerprint density at radius 2 is 0.977 bits per heavy atom. The van der Waals surface area contributed by atoms with Gasteiger partial charge in [-0.1, -0.05) is 120 Å². The molecule has 44 heavy (non-hydrogen) atoms. The minimum atomic E-state index is -1.06. The van der Waals surface area contributed by atoms with Crippen LogP contribution in [0.5, 0.6) is 0 Å². The second-order valence-electron chi connectivity index (χ2n) is 11.7. The number of rotatable bonds is 13. The average Bonchev–Trinajstić information content (AvgIpc) is 3.01. The van der Waals surface area contributed by atoms with Crippen molar-refractivity contribution in [3.63, 3.8) is 0 Å². The molecule has 0 radical (unpaired) electrons. The van der Waals surface area contributed by atoms with Crippen LogP contribution >= 0.6 is 7.92 Å². The molecule has 0 saturated heterocycles. The maximum Gasteiger partial charge on any atom is 0.328 e. The molecular formula is C35H44N3O5P. The van der Waals surface area contributed by atoms with Gasteiger partial charge in [-0.3, -0.25) is 14.4 Å². The van der Waals surface area contributed by atoms with Crippen molar-refractivity contribution in [1.29, 1.82) is 0 Å². The van der Waals surface area contributed by atoms with Crippen molar-refractivity contribution < 1.29 is 23.9 Å². The number of carbonyl (C=O) groups excluding carboxylic acids is 4. The smallest absolute Gasteiger partial charge is 0.328 e. The molecule has 3 rings (SSSR count). The number of ether oxygens (including phenoxy) is 1. The highest BCUT2D eigenvalue weighted by Crippen LogP contribution is 2.34. The van der Waals surface area contributed by atoms with Gasteiger partial charge in [0.1, 0.15) is 18.1 Å². The lowest BCUT2D eigenvalue weighted by atomic mass is 9.98. The van der Waals surface area contributed by atoms with Crippen molar-refractivity contribution >= 4 is 47.5 Å². The topological polar surface area (TPSA) is 114 Å². The lowest BCUT2D eigenvalue weighted by Crippen LogP contribution is -2.59. The summed E-state index contributed by atoms with van der Waals surface area (Å²) in [5.74, 6) is -2.67. The molecule has 0 fully saturated rings. The first kappa shape index (κ1) is 34.5. The van der Waals surface area contributed by atoms with Gasteiger partial charge in [0.05, 0.1) is 7.11 Å². The molecule has 3 amide bonds. The van der Waals surface area contributed by atoms with Crippen molar-refractivity contribution in [2.75, 3.05) is 7.11 Å². The zero-order valence-corrected chi connectivity index (χ0v) is 27.4. The number of methoxy groups -OCH3 is 1. The van der Waals surface area contributed by atoms with Gasteiger partial charge in [0, 0.05) is 5.56 Å². The van der Waals surface area contributed by atoms with E-state index in [1.165, 1.54) is 7.11 Å². The summed E-state index contributed by atoms with van der Waals surface area (Å²) in [6.45, 7) is 10.9. The minimum absolute atomic E-state index is 0.213. The Morgan fingerprint density at radius 1 is 0.568 bits per heavy atom. The first-order chi connectivity index (χ1) is 21.0. The molecule has 0 spiro atoms. The molecule has 3 atom stereocenters. The SMILES string of the molecule is COC(=O)[C@@H](NC(=O)[C@H](NC(=O)[C@H](NC(=O)c1ccccc1P(c1ccccc1)c1ccccc1)C(C)C)C(C)C)C(C)C. The highest BCUT2D eigenvalue weighted by Gasteiger charge is 2.34. The molecule has 0 aliphatic carbocycles. The van der Waals surface area contributed by atoms with Crippen LogP contribution in [0.3, 0.4) is 0 Å². The van der Waals surface area contributed by atoms with Crippen molar-refractivity contribution in [3.8, 4) is 0 Å². The molecular weight excluding hydrogens is 573 g/mol. The molecule has 3 aromatic carbocycles. The summed E-state index contributed by atoms with van der Waals surface area (Å²) in [6, 6.07) is 25.0. The third-order valence-electron chi connectivity index (χ3n) is 7.32. The van der Waals surface area contributed by atoms with Crippen molar-refractivity contribution in [1.82, 2.24) is 16.0 Å². The van der Waals surface area contributed by atoms with E-state index in [9.17, 15) is 19.2 Å². The van der Waals surface area contributed by atoms with Gasteiger partial charge >= 0.3 is 5.97 Å². The average molecular weight is 618 g/mol. The lowest BCUT2D eigenvalue weighted by Gasteiger charge is -2.29. The number of amides is 3. The minimum Gasteiger partial charge on any atom is -0.467 e. The van der Waals surface area contributed by atoms with Crippen LogP contribution in [0.25, 0.3) is 0 Å². The van der Waals surface area contributed by atoms with Gasteiger partial charge < -0.3 is 20.7 Å². The van der Waals surface area contributed by atoms with Gasteiger partial charge in [-0.25, -0.2) is 4.79 Å². The van der Waals surface area contributed by atoms with Gasteiger partial charge in [0.25, 0.3) is 5.91 Å². The first-order valence-electron chi connectivity index (χ1n) is 14.9. The van der Waals surface area contributed by atoms with E-state index < -0.39 is 43.8 Å². The maximum absolute atomic E-state index is 13.9. The Labute approximate surface area is 262 Å². The third-order valence-corrected chi connectivity index (χ3v) is 9.82. The van der Waals surface area contributed by atoms with E-state index >= 15 is 0 Å². The van der Waals surface area contributed by atoms with Gasteiger partial charge in [-0.05, 0) is 47.7 Å². The van der Waals surface area contributed by atoms with Crippen LogP contribution in [0.15, 0.2) is 84.9 Å². The Bertz CT molecular complexity index is 1370. The molecule has 3 N–H and O–H groups in total. The van der Waals surface area contributed by atoms with Crippen LogP contribution in [0.1, 0.15) is 51.9 Å². The zero-order valence-electron chi connectivity index (χ0n) is 26.5. The summed E-state index contributed by atoms with van der Waals surface area (Å²) in [4.78, 5) is 53.1. The summed E-state index contributed by atoms with van der Waals surface area (Å²) in [5, 5.41) is 11.6. The fraction of sp³-hybridized carbons (Fsp3) is 0.371. The summed E-state index contributed by atoms with van der Waals surface area (Å²) >= 11 is 0. The number of carbonyl (C=O) groups is 4. The zero-order chi connectivity index (χ0) is 32.4. The van der Waals surface area contributed by atoms with Crippen molar-refractivity contribution in [2.24, 2.45) is 17.8 Å². The first-order valence-corrected chi connectivity index (χ1v) is 16.3. The third kappa shape index (κ3) is 8.76. The Morgan fingerprint density at radius 3 is 1.43 bits per heavy atom. The molecule has 0 aliphatic rings. The quantitative estimate of drug-likeness (QED) is 0.200. The van der Waals surface area contributed by atoms with E-state index in [1.807, 2.05) is 82.3 Å². The molecule has 9 heteroatoms. The van der Waals surface area contributed by atoms with Gasteiger partial charge in [-0.2, -0.15) is 0 Å². The van der Waals surface area contributed by atoms with Crippen LogP contribution in [-0.4, -0.2) is 48.9 Å². The molecule has 8 nitrogen and oxygen atoms in total. The van der Waals surface area contributed by atoms with E-state index in [1.54, 1.807) is 19.9 Å². The maximum atomic E-state index is 13.9. The van der Waals surface area contributed by atoms with E-state index in [4.69, 9.17) is 4.74 Å². The molecule has 3 aromatic rings. The molecule has 0 unspecified atom stereocenters. The highest BCUT2D eigenvalue weighted by atomic mass is 31.1. The standard InChI is InChI=1S/C35H44N3O5P/c1-22(2)29(33(40)37-30(23(3)4)34(41)38-31(24(5)6)35(42)43-7)36-32(39)27-20-14-15-21-28(27)44(25-16-10-8-11-17-25)26-18-12-9-13-19-26/h8-24,29-31H,1-7H3,(H,36,39)(H,37,40)(H,38,41)/t29-,30-,31+/m1/s1. The lowest BCUT2D eigenvalue weighted by molar-refractivity contribution is -0.146. The van der Waals surface area contributed by atoms with Crippen LogP contribution in [-0.2, 0) is 19.1 Å². The number of hydrogen-bond acceptors (Lipinski definition) is 5. The largest absolute Gasteiger partial charge is 0.467 e. The number of nitrogens with one attached hydrogen (secondary N) is 3. The van der Waals surface area contributed by atoms with Gasteiger partial charge in [0.2, 0.25) is 11.8 Å². The second kappa shape index (κ2) is 16.2. The summed E-state index contributed by atoms with van der Waals surface area (Å²) < 4.78 is 4.85. The predicted octanol–water partition coefficient (Wildman–Crippen LogP) is 3.65. The van der Waals surface area contributed by atoms with E-state index in [-0.39, 0.29) is 23.7 Å². The van der Waals surface area contributed by atoms with Crippen LogP contribution in [0, 0.1) is 17.8 Å². The Balaban J connectivity index is 1.89. The van der Waals surface area contributed by atoms with Crippen LogP contribution in [0.2, 0.25) is 0 Å². The van der Waals surface area contributed by atoms with Gasteiger partial charge in [0.15, 0.2) is 0 Å². The van der Waals surface area contributed by atoms with E-state index in [0.717, 1.165) is 15.9 Å².